The van der Waals surface area contributed by atoms with Crippen LogP contribution in [0.1, 0.15) is 12.8 Å². The number of aryl methyl sites for hydroxylation is 1. The van der Waals surface area contributed by atoms with E-state index < -0.39 is 0 Å². The number of nitrogens with zero attached hydrogens (tertiary/aromatic N) is 2. The molecule has 0 fully saturated rings. The highest BCUT2D eigenvalue weighted by molar-refractivity contribution is 6.30. The Morgan fingerprint density at radius 1 is 1.58 bits per heavy atom. The summed E-state index contributed by atoms with van der Waals surface area (Å²) in [6.07, 6.45) is 2.33. The summed E-state index contributed by atoms with van der Waals surface area (Å²) in [6.45, 7) is 1.98. The Bertz CT molecular complexity index is 410. The zero-order valence-electron chi connectivity index (χ0n) is 6.54. The Balaban J connectivity index is 2.67. The fourth-order valence-electron chi connectivity index (χ4n) is 0.992. The third-order valence-electron chi connectivity index (χ3n) is 1.56. The van der Waals surface area contributed by atoms with Crippen LogP contribution in [0, 0.1) is 0 Å². The number of rotatable bonds is 1. The van der Waals surface area contributed by atoms with Gasteiger partial charge in [0.15, 0.2) is 17.1 Å². The van der Waals surface area contributed by atoms with Crippen LogP contribution in [0.25, 0.3) is 11.2 Å². The van der Waals surface area contributed by atoms with E-state index in [1.807, 2.05) is 6.92 Å². The highest BCUT2D eigenvalue weighted by Crippen LogP contribution is 2.17. The molecule has 0 atom stereocenters. The molecule has 0 aliphatic rings. The SMILES string of the molecule is CCc1nc2ncc(Cl)cc2o1. The number of oxazole rings is 1. The van der Waals surface area contributed by atoms with Gasteiger partial charge in [0.2, 0.25) is 0 Å². The first-order valence-corrected chi connectivity index (χ1v) is 4.08. The van der Waals surface area contributed by atoms with Gasteiger partial charge < -0.3 is 4.42 Å². The Hall–Kier alpha value is -1.09. The first kappa shape index (κ1) is 7.55. The third kappa shape index (κ3) is 1.16. The Morgan fingerprint density at radius 3 is 3.17 bits per heavy atom. The highest BCUT2D eigenvalue weighted by Gasteiger charge is 2.04. The van der Waals surface area contributed by atoms with Gasteiger partial charge in [-0.1, -0.05) is 18.5 Å². The molecule has 0 N–H and O–H groups in total. The van der Waals surface area contributed by atoms with Crippen molar-refractivity contribution in [3.8, 4) is 0 Å². The van der Waals surface area contributed by atoms with Crippen LogP contribution in [-0.2, 0) is 6.42 Å². The van der Waals surface area contributed by atoms with Crippen molar-refractivity contribution in [1.82, 2.24) is 9.97 Å². The molecule has 3 nitrogen and oxygen atoms in total. The second kappa shape index (κ2) is 2.75. The van der Waals surface area contributed by atoms with Gasteiger partial charge in [-0.05, 0) is 0 Å². The van der Waals surface area contributed by atoms with E-state index in [0.717, 1.165) is 6.42 Å². The first-order chi connectivity index (χ1) is 5.79. The summed E-state index contributed by atoms with van der Waals surface area (Å²) in [4.78, 5) is 8.15. The summed E-state index contributed by atoms with van der Waals surface area (Å²) in [5, 5.41) is 0.571. The third-order valence-corrected chi connectivity index (χ3v) is 1.77. The summed E-state index contributed by atoms with van der Waals surface area (Å²) in [5.41, 5.74) is 1.27. The van der Waals surface area contributed by atoms with Crippen molar-refractivity contribution in [3.05, 3.63) is 23.2 Å². The lowest BCUT2D eigenvalue weighted by Gasteiger charge is -1.85. The van der Waals surface area contributed by atoms with E-state index in [1.54, 1.807) is 12.3 Å². The van der Waals surface area contributed by atoms with Crippen LogP contribution in [-0.4, -0.2) is 9.97 Å². The Kier molecular flexibility index (Phi) is 1.73. The number of fused-ring (bicyclic) bond motifs is 1. The van der Waals surface area contributed by atoms with Crippen LogP contribution >= 0.6 is 11.6 Å². The molecule has 0 unspecified atom stereocenters. The fraction of sp³-hybridized carbons (Fsp3) is 0.250. The molecule has 0 saturated heterocycles. The van der Waals surface area contributed by atoms with Crippen LogP contribution < -0.4 is 0 Å². The standard InChI is InChI=1S/C8H7ClN2O/c1-2-7-11-8-6(12-7)3-5(9)4-10-8/h3-4H,2H2,1H3. The molecule has 4 heteroatoms. The number of hydrogen-bond donors (Lipinski definition) is 0. The molecule has 2 heterocycles. The normalized spacial score (nSPS) is 10.8. The topological polar surface area (TPSA) is 38.9 Å². The lowest BCUT2D eigenvalue weighted by atomic mass is 10.5. The van der Waals surface area contributed by atoms with E-state index in [4.69, 9.17) is 16.0 Å². The summed E-state index contributed by atoms with van der Waals surface area (Å²) in [7, 11) is 0. The van der Waals surface area contributed by atoms with E-state index in [2.05, 4.69) is 9.97 Å². The van der Waals surface area contributed by atoms with Crippen LogP contribution in [0.2, 0.25) is 5.02 Å². The molecule has 0 aromatic carbocycles. The van der Waals surface area contributed by atoms with E-state index in [9.17, 15) is 0 Å². The summed E-state index contributed by atoms with van der Waals surface area (Å²) < 4.78 is 5.34. The molecular weight excluding hydrogens is 176 g/mol. The number of pyridine rings is 1. The molecule has 2 rings (SSSR count). The van der Waals surface area contributed by atoms with Crippen molar-refractivity contribution in [2.75, 3.05) is 0 Å². The number of halogens is 1. The van der Waals surface area contributed by atoms with Crippen LogP contribution in [0.4, 0.5) is 0 Å². The van der Waals surface area contributed by atoms with E-state index in [-0.39, 0.29) is 0 Å². The largest absolute Gasteiger partial charge is 0.439 e. The van der Waals surface area contributed by atoms with E-state index in [0.29, 0.717) is 22.1 Å². The molecule has 0 spiro atoms. The molecular formula is C8H7ClN2O. The number of aromatic nitrogens is 2. The maximum atomic E-state index is 5.72. The monoisotopic (exact) mass is 182 g/mol. The second-order valence-corrected chi connectivity index (χ2v) is 2.87. The van der Waals surface area contributed by atoms with Gasteiger partial charge in [-0.25, -0.2) is 4.98 Å². The van der Waals surface area contributed by atoms with E-state index in [1.165, 1.54) is 0 Å². The molecule has 0 aliphatic heterocycles. The van der Waals surface area contributed by atoms with Gasteiger partial charge in [-0.2, -0.15) is 4.98 Å². The van der Waals surface area contributed by atoms with Gasteiger partial charge in [0.25, 0.3) is 0 Å². The molecule has 62 valence electrons. The molecule has 0 saturated carbocycles. The van der Waals surface area contributed by atoms with Crippen molar-refractivity contribution in [1.29, 1.82) is 0 Å². The van der Waals surface area contributed by atoms with Gasteiger partial charge in [-0.3, -0.25) is 0 Å². The Labute approximate surface area is 74.4 Å². The average molecular weight is 183 g/mol. The van der Waals surface area contributed by atoms with Crippen LogP contribution in [0.15, 0.2) is 16.7 Å². The molecule has 0 bridgehead atoms. The van der Waals surface area contributed by atoms with Gasteiger partial charge in [-0.15, -0.1) is 0 Å². The number of hydrogen-bond acceptors (Lipinski definition) is 3. The predicted octanol–water partition coefficient (Wildman–Crippen LogP) is 2.44. The van der Waals surface area contributed by atoms with Gasteiger partial charge in [0.1, 0.15) is 0 Å². The Morgan fingerprint density at radius 2 is 2.42 bits per heavy atom. The van der Waals surface area contributed by atoms with Crippen molar-refractivity contribution >= 4 is 22.8 Å². The molecule has 0 amide bonds. The van der Waals surface area contributed by atoms with Gasteiger partial charge in [0, 0.05) is 18.7 Å². The minimum absolute atomic E-state index is 0.571. The predicted molar refractivity (Wildman–Crippen MR) is 46.2 cm³/mol. The molecule has 2 aromatic rings. The summed E-state index contributed by atoms with van der Waals surface area (Å²) in [5.74, 6) is 0.694. The lowest BCUT2D eigenvalue weighted by Crippen LogP contribution is -1.77. The first-order valence-electron chi connectivity index (χ1n) is 3.70. The smallest absolute Gasteiger partial charge is 0.198 e. The lowest BCUT2D eigenvalue weighted by molar-refractivity contribution is 0.538. The average Bonchev–Trinajstić information content (AvgIpc) is 2.46. The van der Waals surface area contributed by atoms with Crippen LogP contribution in [0.5, 0.6) is 0 Å². The maximum Gasteiger partial charge on any atom is 0.198 e. The molecule has 0 radical (unpaired) electrons. The van der Waals surface area contributed by atoms with Crippen molar-refractivity contribution < 1.29 is 4.42 Å². The van der Waals surface area contributed by atoms with E-state index >= 15 is 0 Å². The minimum Gasteiger partial charge on any atom is -0.439 e. The minimum atomic E-state index is 0.571. The van der Waals surface area contributed by atoms with Gasteiger partial charge >= 0.3 is 0 Å². The molecule has 2 aromatic heterocycles. The van der Waals surface area contributed by atoms with Gasteiger partial charge in [0.05, 0.1) is 5.02 Å². The summed E-state index contributed by atoms with van der Waals surface area (Å²) in [6, 6.07) is 1.72. The maximum absolute atomic E-state index is 5.72. The highest BCUT2D eigenvalue weighted by atomic mass is 35.5. The van der Waals surface area contributed by atoms with Crippen molar-refractivity contribution in [2.45, 2.75) is 13.3 Å². The van der Waals surface area contributed by atoms with Crippen molar-refractivity contribution in [2.24, 2.45) is 0 Å². The molecule has 12 heavy (non-hydrogen) atoms. The van der Waals surface area contributed by atoms with Crippen molar-refractivity contribution in [3.63, 3.8) is 0 Å². The molecule has 0 aliphatic carbocycles. The zero-order valence-corrected chi connectivity index (χ0v) is 7.30. The summed E-state index contributed by atoms with van der Waals surface area (Å²) >= 11 is 5.72. The van der Waals surface area contributed by atoms with Crippen LogP contribution in [0.3, 0.4) is 0 Å². The quantitative estimate of drug-likeness (QED) is 0.680. The second-order valence-electron chi connectivity index (χ2n) is 2.44. The zero-order chi connectivity index (χ0) is 8.55. The fourth-order valence-corrected chi connectivity index (χ4v) is 1.14.